The van der Waals surface area contributed by atoms with Crippen LogP contribution in [0.1, 0.15) is 11.1 Å². The molecule has 2 rings (SSSR count). The highest BCUT2D eigenvalue weighted by molar-refractivity contribution is 9.10. The van der Waals surface area contributed by atoms with Crippen LogP contribution >= 0.6 is 15.9 Å². The SMILES string of the molecule is COCCN1CCc2ccc(Br)cc2CC1. The van der Waals surface area contributed by atoms with Crippen molar-refractivity contribution >= 4 is 15.9 Å². The summed E-state index contributed by atoms with van der Waals surface area (Å²) >= 11 is 3.54. The van der Waals surface area contributed by atoms with Crippen LogP contribution in [0.5, 0.6) is 0 Å². The molecule has 0 spiro atoms. The van der Waals surface area contributed by atoms with E-state index in [-0.39, 0.29) is 0 Å². The van der Waals surface area contributed by atoms with Crippen LogP contribution in [0.3, 0.4) is 0 Å². The van der Waals surface area contributed by atoms with Crippen molar-refractivity contribution in [2.24, 2.45) is 0 Å². The van der Waals surface area contributed by atoms with Gasteiger partial charge in [0.25, 0.3) is 0 Å². The summed E-state index contributed by atoms with van der Waals surface area (Å²) in [5, 5.41) is 0. The second kappa shape index (κ2) is 5.80. The molecule has 1 aliphatic heterocycles. The summed E-state index contributed by atoms with van der Waals surface area (Å²) < 4.78 is 6.32. The van der Waals surface area contributed by atoms with Crippen LogP contribution in [-0.4, -0.2) is 38.3 Å². The second-order valence-electron chi connectivity index (χ2n) is 4.25. The van der Waals surface area contributed by atoms with Gasteiger partial charge in [-0.1, -0.05) is 22.0 Å². The molecule has 0 fully saturated rings. The monoisotopic (exact) mass is 283 g/mol. The molecule has 0 saturated heterocycles. The molecule has 0 N–H and O–H groups in total. The summed E-state index contributed by atoms with van der Waals surface area (Å²) in [6, 6.07) is 6.65. The first-order valence-corrected chi connectivity index (χ1v) is 6.57. The molecule has 3 heteroatoms. The third-order valence-corrected chi connectivity index (χ3v) is 3.67. The van der Waals surface area contributed by atoms with Gasteiger partial charge in [-0.15, -0.1) is 0 Å². The van der Waals surface area contributed by atoms with Gasteiger partial charge in [0.2, 0.25) is 0 Å². The molecule has 0 atom stereocenters. The Morgan fingerprint density at radius 1 is 1.25 bits per heavy atom. The van der Waals surface area contributed by atoms with Crippen molar-refractivity contribution in [2.75, 3.05) is 33.4 Å². The zero-order valence-electron chi connectivity index (χ0n) is 9.71. The fourth-order valence-corrected chi connectivity index (χ4v) is 2.59. The molecule has 1 aromatic rings. The molecule has 16 heavy (non-hydrogen) atoms. The predicted octanol–water partition coefficient (Wildman–Crippen LogP) is 2.50. The Morgan fingerprint density at radius 2 is 2.00 bits per heavy atom. The Bertz CT molecular complexity index is 354. The van der Waals surface area contributed by atoms with Crippen LogP contribution < -0.4 is 0 Å². The number of benzene rings is 1. The van der Waals surface area contributed by atoms with Crippen LogP contribution in [0.2, 0.25) is 0 Å². The summed E-state index contributed by atoms with van der Waals surface area (Å²) in [5.74, 6) is 0. The van der Waals surface area contributed by atoms with E-state index < -0.39 is 0 Å². The Balaban J connectivity index is 2.01. The average Bonchev–Trinajstić information content (AvgIpc) is 2.48. The Labute approximate surface area is 106 Å². The number of hydrogen-bond acceptors (Lipinski definition) is 2. The number of fused-ring (bicyclic) bond motifs is 1. The molecule has 0 amide bonds. The molecule has 0 unspecified atom stereocenters. The molecule has 1 aliphatic rings. The second-order valence-corrected chi connectivity index (χ2v) is 5.16. The average molecular weight is 284 g/mol. The Kier molecular flexibility index (Phi) is 4.38. The minimum absolute atomic E-state index is 0.833. The molecule has 0 aliphatic carbocycles. The van der Waals surface area contributed by atoms with Gasteiger partial charge >= 0.3 is 0 Å². The largest absolute Gasteiger partial charge is 0.383 e. The molecular formula is C13H18BrNO. The molecule has 1 aromatic carbocycles. The fraction of sp³-hybridized carbons (Fsp3) is 0.538. The van der Waals surface area contributed by atoms with Crippen molar-refractivity contribution in [2.45, 2.75) is 12.8 Å². The summed E-state index contributed by atoms with van der Waals surface area (Å²) in [5.41, 5.74) is 3.00. The summed E-state index contributed by atoms with van der Waals surface area (Å²) in [4.78, 5) is 2.48. The topological polar surface area (TPSA) is 12.5 Å². The van der Waals surface area contributed by atoms with Gasteiger partial charge in [0.05, 0.1) is 6.61 Å². The quantitative estimate of drug-likeness (QED) is 0.845. The maximum absolute atomic E-state index is 5.13. The molecule has 0 bridgehead atoms. The number of rotatable bonds is 3. The van der Waals surface area contributed by atoms with Crippen molar-refractivity contribution in [3.63, 3.8) is 0 Å². The maximum Gasteiger partial charge on any atom is 0.0589 e. The first kappa shape index (κ1) is 12.1. The summed E-state index contributed by atoms with van der Waals surface area (Å²) in [6.07, 6.45) is 2.31. The predicted molar refractivity (Wildman–Crippen MR) is 69.9 cm³/mol. The van der Waals surface area contributed by atoms with Crippen molar-refractivity contribution in [3.8, 4) is 0 Å². The number of methoxy groups -OCH3 is 1. The normalized spacial score (nSPS) is 16.9. The van der Waals surface area contributed by atoms with Crippen molar-refractivity contribution in [1.82, 2.24) is 4.90 Å². The van der Waals surface area contributed by atoms with Crippen LogP contribution in [0.4, 0.5) is 0 Å². The van der Waals surface area contributed by atoms with E-state index in [0.29, 0.717) is 0 Å². The van der Waals surface area contributed by atoms with Crippen LogP contribution in [-0.2, 0) is 17.6 Å². The highest BCUT2D eigenvalue weighted by atomic mass is 79.9. The maximum atomic E-state index is 5.13. The molecule has 0 saturated carbocycles. The van der Waals surface area contributed by atoms with Crippen LogP contribution in [0.15, 0.2) is 22.7 Å². The van der Waals surface area contributed by atoms with Crippen molar-refractivity contribution in [1.29, 1.82) is 0 Å². The van der Waals surface area contributed by atoms with E-state index in [1.54, 1.807) is 7.11 Å². The van der Waals surface area contributed by atoms with E-state index in [1.807, 2.05) is 0 Å². The van der Waals surface area contributed by atoms with E-state index in [4.69, 9.17) is 4.74 Å². The lowest BCUT2D eigenvalue weighted by molar-refractivity contribution is 0.150. The highest BCUT2D eigenvalue weighted by Crippen LogP contribution is 2.20. The Morgan fingerprint density at radius 3 is 2.75 bits per heavy atom. The van der Waals surface area contributed by atoms with E-state index in [9.17, 15) is 0 Å². The van der Waals surface area contributed by atoms with Gasteiger partial charge in [0.15, 0.2) is 0 Å². The molecule has 0 radical (unpaired) electrons. The molecular weight excluding hydrogens is 266 g/mol. The number of hydrogen-bond donors (Lipinski definition) is 0. The highest BCUT2D eigenvalue weighted by Gasteiger charge is 2.13. The van der Waals surface area contributed by atoms with Crippen molar-refractivity contribution in [3.05, 3.63) is 33.8 Å². The lowest BCUT2D eigenvalue weighted by atomic mass is 10.0. The standard InChI is InChI=1S/C13H18BrNO/c1-16-9-8-15-6-4-11-2-3-13(14)10-12(11)5-7-15/h2-3,10H,4-9H2,1H3. The van der Waals surface area contributed by atoms with E-state index >= 15 is 0 Å². The van der Waals surface area contributed by atoms with Crippen molar-refractivity contribution < 1.29 is 4.74 Å². The minimum Gasteiger partial charge on any atom is -0.383 e. The van der Waals surface area contributed by atoms with E-state index in [1.165, 1.54) is 15.6 Å². The van der Waals surface area contributed by atoms with Gasteiger partial charge in [-0.2, -0.15) is 0 Å². The summed E-state index contributed by atoms with van der Waals surface area (Å²) in [6.45, 7) is 4.18. The number of ether oxygens (including phenoxy) is 1. The molecule has 0 aromatic heterocycles. The zero-order valence-corrected chi connectivity index (χ0v) is 11.3. The fourth-order valence-electron chi connectivity index (χ4n) is 2.18. The van der Waals surface area contributed by atoms with Gasteiger partial charge in [0, 0.05) is 31.2 Å². The minimum atomic E-state index is 0.833. The van der Waals surface area contributed by atoms with Crippen LogP contribution in [0.25, 0.3) is 0 Å². The van der Waals surface area contributed by atoms with E-state index in [0.717, 1.165) is 39.1 Å². The zero-order chi connectivity index (χ0) is 11.4. The van der Waals surface area contributed by atoms with Gasteiger partial charge in [-0.3, -0.25) is 0 Å². The van der Waals surface area contributed by atoms with Gasteiger partial charge in [-0.05, 0) is 36.1 Å². The first-order valence-electron chi connectivity index (χ1n) is 5.78. The third-order valence-electron chi connectivity index (χ3n) is 3.17. The number of halogens is 1. The van der Waals surface area contributed by atoms with Crippen LogP contribution in [0, 0.1) is 0 Å². The molecule has 2 nitrogen and oxygen atoms in total. The first-order chi connectivity index (χ1) is 7.79. The smallest absolute Gasteiger partial charge is 0.0589 e. The van der Waals surface area contributed by atoms with Gasteiger partial charge in [-0.25, -0.2) is 0 Å². The van der Waals surface area contributed by atoms with E-state index in [2.05, 4.69) is 39.0 Å². The lowest BCUT2D eigenvalue weighted by Crippen LogP contribution is -2.29. The molecule has 1 heterocycles. The van der Waals surface area contributed by atoms with Gasteiger partial charge in [0.1, 0.15) is 0 Å². The number of nitrogens with zero attached hydrogens (tertiary/aromatic N) is 1. The third kappa shape index (κ3) is 3.06. The summed E-state index contributed by atoms with van der Waals surface area (Å²) in [7, 11) is 1.77. The Hall–Kier alpha value is -0.380. The lowest BCUT2D eigenvalue weighted by Gasteiger charge is -2.18. The molecule has 88 valence electrons. The van der Waals surface area contributed by atoms with Gasteiger partial charge < -0.3 is 9.64 Å².